The van der Waals surface area contributed by atoms with Gasteiger partial charge >= 0.3 is 5.97 Å². The van der Waals surface area contributed by atoms with Crippen molar-refractivity contribution in [3.8, 4) is 11.3 Å². The van der Waals surface area contributed by atoms with Crippen molar-refractivity contribution in [3.05, 3.63) is 47.4 Å². The van der Waals surface area contributed by atoms with E-state index in [-0.39, 0.29) is 22.8 Å². The molecule has 0 aliphatic heterocycles. The number of aryl methyl sites for hydroxylation is 1. The smallest absolute Gasteiger partial charge is 0.354 e. The van der Waals surface area contributed by atoms with Crippen molar-refractivity contribution in [3.63, 3.8) is 0 Å². The molecule has 1 aromatic heterocycles. The highest BCUT2D eigenvalue weighted by atomic mass is 19.1. The number of aromatic carboxylic acids is 1. The molecule has 1 N–H and O–H groups in total. The molecule has 0 unspecified atom stereocenters. The fraction of sp³-hybridized carbons (Fsp3) is 0.0833. The molecule has 0 saturated carbocycles. The van der Waals surface area contributed by atoms with Crippen LogP contribution in [0.15, 0.2) is 24.3 Å². The van der Waals surface area contributed by atoms with Gasteiger partial charge in [0, 0.05) is 5.56 Å². The third-order valence-corrected chi connectivity index (χ3v) is 2.26. The highest BCUT2D eigenvalue weighted by Gasteiger charge is 2.13. The lowest BCUT2D eigenvalue weighted by atomic mass is 10.1. The molecule has 0 atom stereocenters. The second kappa shape index (κ2) is 4.48. The minimum atomic E-state index is -1.25. The summed E-state index contributed by atoms with van der Waals surface area (Å²) < 4.78 is 26.6. The number of halogens is 2. The molecule has 0 bridgehead atoms. The van der Waals surface area contributed by atoms with Crippen molar-refractivity contribution in [2.45, 2.75) is 6.92 Å². The number of carboxylic acid groups (broad SMARTS) is 1. The Morgan fingerprint density at radius 1 is 1.22 bits per heavy atom. The fourth-order valence-corrected chi connectivity index (χ4v) is 1.51. The zero-order chi connectivity index (χ0) is 13.3. The van der Waals surface area contributed by atoms with E-state index < -0.39 is 17.6 Å². The van der Waals surface area contributed by atoms with Crippen LogP contribution in [0.25, 0.3) is 11.3 Å². The molecule has 2 rings (SSSR count). The summed E-state index contributed by atoms with van der Waals surface area (Å²) >= 11 is 0. The Morgan fingerprint density at radius 3 is 2.61 bits per heavy atom. The van der Waals surface area contributed by atoms with Crippen LogP contribution in [0.1, 0.15) is 16.3 Å². The summed E-state index contributed by atoms with van der Waals surface area (Å²) in [6, 6.07) is 4.00. The standard InChI is InChI=1S/C12H8F2N2O2/c1-6-15-10(5-11(16-6)12(17)18)8-4-7(13)2-3-9(8)14/h2-5H,1H3,(H,17,18). The molecule has 0 fully saturated rings. The molecule has 0 radical (unpaired) electrons. The number of carbonyl (C=O) groups is 1. The van der Waals surface area contributed by atoms with Crippen LogP contribution >= 0.6 is 0 Å². The summed E-state index contributed by atoms with van der Waals surface area (Å²) in [6.07, 6.45) is 0. The van der Waals surface area contributed by atoms with Crippen LogP contribution in [0.3, 0.4) is 0 Å². The van der Waals surface area contributed by atoms with Gasteiger partial charge in [-0.3, -0.25) is 0 Å². The lowest BCUT2D eigenvalue weighted by Crippen LogP contribution is -2.04. The number of benzene rings is 1. The number of rotatable bonds is 2. The maximum Gasteiger partial charge on any atom is 0.354 e. The van der Waals surface area contributed by atoms with Gasteiger partial charge in [0.1, 0.15) is 17.5 Å². The first-order valence-electron chi connectivity index (χ1n) is 5.02. The van der Waals surface area contributed by atoms with Crippen LogP contribution in [0.4, 0.5) is 8.78 Å². The van der Waals surface area contributed by atoms with E-state index in [1.165, 1.54) is 6.92 Å². The minimum absolute atomic E-state index is 0.0388. The van der Waals surface area contributed by atoms with E-state index >= 15 is 0 Å². The van der Waals surface area contributed by atoms with Crippen molar-refractivity contribution < 1.29 is 18.7 Å². The summed E-state index contributed by atoms with van der Waals surface area (Å²) in [6.45, 7) is 1.48. The normalized spacial score (nSPS) is 10.4. The first-order chi connectivity index (χ1) is 8.47. The third-order valence-electron chi connectivity index (χ3n) is 2.26. The second-order valence-corrected chi connectivity index (χ2v) is 3.61. The van der Waals surface area contributed by atoms with Crippen LogP contribution < -0.4 is 0 Å². The molecule has 0 aliphatic rings. The Hall–Kier alpha value is -2.37. The molecule has 1 aromatic carbocycles. The zero-order valence-electron chi connectivity index (χ0n) is 9.32. The van der Waals surface area contributed by atoms with E-state index in [0.717, 1.165) is 24.3 Å². The van der Waals surface area contributed by atoms with Crippen molar-refractivity contribution in [1.82, 2.24) is 9.97 Å². The molecule has 6 heteroatoms. The molecule has 0 amide bonds. The van der Waals surface area contributed by atoms with Gasteiger partial charge in [-0.2, -0.15) is 0 Å². The Morgan fingerprint density at radius 2 is 1.94 bits per heavy atom. The number of hydrogen-bond donors (Lipinski definition) is 1. The average Bonchev–Trinajstić information content (AvgIpc) is 2.31. The SMILES string of the molecule is Cc1nc(C(=O)O)cc(-c2cc(F)ccc2F)n1. The van der Waals surface area contributed by atoms with Gasteiger partial charge in [-0.15, -0.1) is 0 Å². The van der Waals surface area contributed by atoms with Gasteiger partial charge in [0.15, 0.2) is 5.69 Å². The monoisotopic (exact) mass is 250 g/mol. The maximum absolute atomic E-state index is 13.5. The fourth-order valence-electron chi connectivity index (χ4n) is 1.51. The van der Waals surface area contributed by atoms with E-state index in [1.54, 1.807) is 0 Å². The number of carboxylic acids is 1. The van der Waals surface area contributed by atoms with Gasteiger partial charge < -0.3 is 5.11 Å². The van der Waals surface area contributed by atoms with Crippen LogP contribution in [0, 0.1) is 18.6 Å². The van der Waals surface area contributed by atoms with Gasteiger partial charge in [-0.25, -0.2) is 23.5 Å². The zero-order valence-corrected chi connectivity index (χ0v) is 9.32. The molecule has 4 nitrogen and oxygen atoms in total. The first kappa shape index (κ1) is 12.1. The maximum atomic E-state index is 13.5. The van der Waals surface area contributed by atoms with Crippen molar-refractivity contribution >= 4 is 5.97 Å². The molecule has 0 spiro atoms. The van der Waals surface area contributed by atoms with E-state index in [1.807, 2.05) is 0 Å². The van der Waals surface area contributed by atoms with E-state index in [4.69, 9.17) is 5.11 Å². The van der Waals surface area contributed by atoms with Gasteiger partial charge in [0.2, 0.25) is 0 Å². The highest BCUT2D eigenvalue weighted by Crippen LogP contribution is 2.22. The predicted octanol–water partition coefficient (Wildman–Crippen LogP) is 2.43. The minimum Gasteiger partial charge on any atom is -0.477 e. The summed E-state index contributed by atoms with van der Waals surface area (Å²) in [5.41, 5.74) is -0.318. The van der Waals surface area contributed by atoms with E-state index in [0.29, 0.717) is 0 Å². The molecule has 18 heavy (non-hydrogen) atoms. The Kier molecular flexibility index (Phi) is 3.01. The summed E-state index contributed by atoms with van der Waals surface area (Å²) in [5.74, 6) is -2.38. The number of aromatic nitrogens is 2. The lowest BCUT2D eigenvalue weighted by molar-refractivity contribution is 0.0690. The van der Waals surface area contributed by atoms with E-state index in [2.05, 4.69) is 9.97 Å². The summed E-state index contributed by atoms with van der Waals surface area (Å²) in [4.78, 5) is 18.4. The highest BCUT2D eigenvalue weighted by molar-refractivity contribution is 5.86. The van der Waals surface area contributed by atoms with Gasteiger partial charge in [0.05, 0.1) is 5.69 Å². The van der Waals surface area contributed by atoms with Crippen molar-refractivity contribution in [2.24, 2.45) is 0 Å². The molecule has 2 aromatic rings. The molecule has 0 aliphatic carbocycles. The summed E-state index contributed by atoms with van der Waals surface area (Å²) in [5, 5.41) is 8.85. The molecule has 92 valence electrons. The third kappa shape index (κ3) is 2.32. The quantitative estimate of drug-likeness (QED) is 0.889. The van der Waals surface area contributed by atoms with Crippen molar-refractivity contribution in [1.29, 1.82) is 0 Å². The van der Waals surface area contributed by atoms with Gasteiger partial charge in [-0.1, -0.05) is 0 Å². The Labute approximate surface area is 101 Å². The molecule has 0 saturated heterocycles. The van der Waals surface area contributed by atoms with Crippen molar-refractivity contribution in [2.75, 3.05) is 0 Å². The van der Waals surface area contributed by atoms with Crippen LogP contribution in [0.2, 0.25) is 0 Å². The predicted molar refractivity (Wildman–Crippen MR) is 59.1 cm³/mol. The van der Waals surface area contributed by atoms with Gasteiger partial charge in [-0.05, 0) is 31.2 Å². The van der Waals surface area contributed by atoms with E-state index in [9.17, 15) is 13.6 Å². The summed E-state index contributed by atoms with van der Waals surface area (Å²) in [7, 11) is 0. The lowest BCUT2D eigenvalue weighted by Gasteiger charge is -2.05. The van der Waals surface area contributed by atoms with Crippen LogP contribution in [-0.4, -0.2) is 21.0 Å². The topological polar surface area (TPSA) is 63.1 Å². The average molecular weight is 250 g/mol. The number of nitrogens with zero attached hydrogens (tertiary/aromatic N) is 2. The van der Waals surface area contributed by atoms with Crippen LogP contribution in [-0.2, 0) is 0 Å². The largest absolute Gasteiger partial charge is 0.477 e. The van der Waals surface area contributed by atoms with Crippen LogP contribution in [0.5, 0.6) is 0 Å². The van der Waals surface area contributed by atoms with Gasteiger partial charge in [0.25, 0.3) is 0 Å². The molecule has 1 heterocycles. The second-order valence-electron chi connectivity index (χ2n) is 3.61. The molecular weight excluding hydrogens is 242 g/mol. The Bertz CT molecular complexity index is 629. The first-order valence-corrected chi connectivity index (χ1v) is 5.02. The Balaban J connectivity index is 2.63. The number of hydrogen-bond acceptors (Lipinski definition) is 3. The molecular formula is C12H8F2N2O2.